The molecule has 1 aliphatic rings. The monoisotopic (exact) mass is 406 g/mol. The van der Waals surface area contributed by atoms with Gasteiger partial charge in [0.05, 0.1) is 0 Å². The van der Waals surface area contributed by atoms with Crippen molar-refractivity contribution in [1.82, 2.24) is 15.6 Å². The van der Waals surface area contributed by atoms with Crippen molar-refractivity contribution in [3.63, 3.8) is 0 Å². The maximum atomic E-state index is 12.2. The molecule has 1 fully saturated rings. The van der Waals surface area contributed by atoms with Gasteiger partial charge in [-0.2, -0.15) is 18.4 Å². The van der Waals surface area contributed by atoms with Crippen molar-refractivity contribution >= 4 is 11.9 Å². The minimum Gasteiger partial charge on any atom is -0.489 e. The van der Waals surface area contributed by atoms with Crippen molar-refractivity contribution in [3.8, 4) is 11.8 Å². The van der Waals surface area contributed by atoms with Gasteiger partial charge in [0.1, 0.15) is 36.4 Å². The number of carboxylic acids is 1. The predicted octanol–water partition coefficient (Wildman–Crippen LogP) is 1.42. The first kappa shape index (κ1) is 23.1. The summed E-state index contributed by atoms with van der Waals surface area (Å²) in [4.78, 5) is 25.0. The molecule has 0 atom stereocenters. The largest absolute Gasteiger partial charge is 0.490 e. The number of alkyl halides is 4. The van der Waals surface area contributed by atoms with Crippen LogP contribution < -0.4 is 15.4 Å². The van der Waals surface area contributed by atoms with E-state index in [1.807, 2.05) is 6.07 Å². The number of carbonyl (C=O) groups is 2. The molecule has 1 aliphatic heterocycles. The minimum absolute atomic E-state index is 0.117. The van der Waals surface area contributed by atoms with Gasteiger partial charge < -0.3 is 20.5 Å². The van der Waals surface area contributed by atoms with Crippen molar-refractivity contribution in [2.75, 3.05) is 26.4 Å². The van der Waals surface area contributed by atoms with Crippen LogP contribution in [0.4, 0.5) is 17.6 Å². The number of aliphatic carboxylic acids is 1. The number of nitrogens with zero attached hydrogens (tertiary/aromatic N) is 2. The van der Waals surface area contributed by atoms with Crippen LogP contribution in [-0.2, 0) is 4.79 Å². The van der Waals surface area contributed by atoms with Crippen molar-refractivity contribution in [2.45, 2.75) is 25.1 Å². The van der Waals surface area contributed by atoms with Crippen molar-refractivity contribution in [2.24, 2.45) is 0 Å². The van der Waals surface area contributed by atoms with Crippen LogP contribution in [0.15, 0.2) is 12.3 Å². The Morgan fingerprint density at radius 2 is 2.00 bits per heavy atom. The van der Waals surface area contributed by atoms with Crippen LogP contribution in [0.2, 0.25) is 0 Å². The molecule has 0 radical (unpaired) electrons. The molecule has 3 N–H and O–H groups in total. The summed E-state index contributed by atoms with van der Waals surface area (Å²) in [5.41, 5.74) is 0.350. The fourth-order valence-corrected chi connectivity index (χ4v) is 2.14. The maximum Gasteiger partial charge on any atom is 0.490 e. The quantitative estimate of drug-likeness (QED) is 0.632. The average Bonchev–Trinajstić information content (AvgIpc) is 2.66. The van der Waals surface area contributed by atoms with Crippen molar-refractivity contribution in [1.29, 1.82) is 5.26 Å². The second-order valence-electron chi connectivity index (χ2n) is 5.52. The number of aromatic nitrogens is 1. The van der Waals surface area contributed by atoms with Gasteiger partial charge in [-0.15, -0.1) is 0 Å². The first-order valence-electron chi connectivity index (χ1n) is 8.09. The molecule has 0 aliphatic carbocycles. The average molecular weight is 406 g/mol. The highest BCUT2D eigenvalue weighted by Crippen LogP contribution is 2.18. The molecule has 28 heavy (non-hydrogen) atoms. The fraction of sp³-hybridized carbons (Fsp3) is 0.500. The highest BCUT2D eigenvalue weighted by atomic mass is 19.4. The Labute approximate surface area is 157 Å². The number of nitrogens with one attached hydrogen (secondary N) is 2. The summed E-state index contributed by atoms with van der Waals surface area (Å²) >= 11 is 0. The van der Waals surface area contributed by atoms with Crippen molar-refractivity contribution < 1.29 is 37.0 Å². The Morgan fingerprint density at radius 1 is 1.39 bits per heavy atom. The summed E-state index contributed by atoms with van der Waals surface area (Å²) < 4.78 is 49.0. The van der Waals surface area contributed by atoms with Crippen LogP contribution in [0.5, 0.6) is 5.75 Å². The summed E-state index contributed by atoms with van der Waals surface area (Å²) in [5, 5.41) is 22.2. The molecular weight excluding hydrogens is 388 g/mol. The molecular formula is C16H18F4N4O4. The van der Waals surface area contributed by atoms with Crippen LogP contribution >= 0.6 is 0 Å². The Morgan fingerprint density at radius 3 is 2.50 bits per heavy atom. The van der Waals surface area contributed by atoms with Crippen LogP contribution in [0.25, 0.3) is 0 Å². The molecule has 2 rings (SSSR count). The van der Waals surface area contributed by atoms with Gasteiger partial charge in [-0.05, 0) is 25.9 Å². The molecule has 1 saturated heterocycles. The SMILES string of the molecule is N#Cc1cnc(C(=O)NC2CCNCC2)cc1OCCF.O=C(O)C(F)(F)F. The summed E-state index contributed by atoms with van der Waals surface area (Å²) in [6, 6.07) is 3.40. The zero-order valence-electron chi connectivity index (χ0n) is 14.6. The number of nitriles is 1. The number of halogens is 4. The number of carboxylic acid groups (broad SMARTS) is 1. The number of piperidine rings is 1. The fourth-order valence-electron chi connectivity index (χ4n) is 2.14. The summed E-state index contributed by atoms with van der Waals surface area (Å²) in [6.07, 6.45) is -2.08. The second kappa shape index (κ2) is 11.0. The van der Waals surface area contributed by atoms with Crippen LogP contribution in [0, 0.1) is 11.3 Å². The number of carbonyl (C=O) groups excluding carboxylic acids is 1. The first-order valence-corrected chi connectivity index (χ1v) is 8.09. The zero-order valence-corrected chi connectivity index (χ0v) is 14.6. The lowest BCUT2D eigenvalue weighted by Crippen LogP contribution is -2.42. The van der Waals surface area contributed by atoms with Gasteiger partial charge in [-0.1, -0.05) is 0 Å². The molecule has 0 bridgehead atoms. The predicted molar refractivity (Wildman–Crippen MR) is 87.5 cm³/mol. The molecule has 2 heterocycles. The molecule has 1 aromatic rings. The standard InChI is InChI=1S/C14H17FN4O2.C2HF3O2/c15-3-6-21-13-7-12(18-9-10(13)8-16)14(20)19-11-1-4-17-5-2-11;3-2(4,5)1(6)7/h7,9,11,17H,1-6H2,(H,19,20);(H,6,7). The smallest absolute Gasteiger partial charge is 0.489 e. The molecule has 0 unspecified atom stereocenters. The molecule has 0 spiro atoms. The third-order valence-electron chi connectivity index (χ3n) is 3.47. The summed E-state index contributed by atoms with van der Waals surface area (Å²) in [7, 11) is 0. The number of pyridine rings is 1. The Hall–Kier alpha value is -2.94. The Balaban J connectivity index is 0.000000480. The van der Waals surface area contributed by atoms with Gasteiger partial charge >= 0.3 is 12.1 Å². The van der Waals surface area contributed by atoms with Gasteiger partial charge in [0.2, 0.25) is 0 Å². The zero-order chi connectivity index (χ0) is 21.2. The van der Waals surface area contributed by atoms with E-state index in [1.165, 1.54) is 12.3 Å². The van der Waals surface area contributed by atoms with Gasteiger partial charge in [0.25, 0.3) is 5.91 Å². The van der Waals surface area contributed by atoms with E-state index in [2.05, 4.69) is 15.6 Å². The number of amides is 1. The highest BCUT2D eigenvalue weighted by molar-refractivity contribution is 5.93. The molecule has 154 valence electrons. The molecule has 12 heteroatoms. The topological polar surface area (TPSA) is 124 Å². The minimum atomic E-state index is -5.08. The molecule has 1 aromatic heterocycles. The lowest BCUT2D eigenvalue weighted by Gasteiger charge is -2.23. The lowest BCUT2D eigenvalue weighted by atomic mass is 10.1. The van der Waals surface area contributed by atoms with E-state index in [9.17, 15) is 22.4 Å². The highest BCUT2D eigenvalue weighted by Gasteiger charge is 2.38. The van der Waals surface area contributed by atoms with E-state index in [1.54, 1.807) is 0 Å². The van der Waals surface area contributed by atoms with Gasteiger partial charge in [0, 0.05) is 18.3 Å². The van der Waals surface area contributed by atoms with E-state index in [-0.39, 0.29) is 35.6 Å². The number of hydrogen-bond acceptors (Lipinski definition) is 6. The number of hydrogen-bond donors (Lipinski definition) is 3. The third kappa shape index (κ3) is 7.75. The van der Waals surface area contributed by atoms with E-state index >= 15 is 0 Å². The number of ether oxygens (including phenoxy) is 1. The lowest BCUT2D eigenvalue weighted by molar-refractivity contribution is -0.192. The summed E-state index contributed by atoms with van der Waals surface area (Å²) in [6.45, 7) is 0.922. The van der Waals surface area contributed by atoms with Crippen LogP contribution in [-0.4, -0.2) is 60.6 Å². The number of rotatable bonds is 5. The first-order chi connectivity index (χ1) is 13.2. The van der Waals surface area contributed by atoms with Crippen LogP contribution in [0.1, 0.15) is 28.9 Å². The van der Waals surface area contributed by atoms with Gasteiger partial charge in [-0.25, -0.2) is 14.2 Å². The van der Waals surface area contributed by atoms with E-state index in [0.717, 1.165) is 25.9 Å². The second-order valence-corrected chi connectivity index (χ2v) is 5.52. The van der Waals surface area contributed by atoms with Crippen molar-refractivity contribution in [3.05, 3.63) is 23.5 Å². The maximum absolute atomic E-state index is 12.2. The molecule has 8 nitrogen and oxygen atoms in total. The van der Waals surface area contributed by atoms with Crippen LogP contribution in [0.3, 0.4) is 0 Å². The van der Waals surface area contributed by atoms with Gasteiger partial charge in [-0.3, -0.25) is 4.79 Å². The third-order valence-corrected chi connectivity index (χ3v) is 3.47. The molecule has 0 saturated carbocycles. The summed E-state index contributed by atoms with van der Waals surface area (Å²) in [5.74, 6) is -2.88. The normalized spacial score (nSPS) is 14.2. The van der Waals surface area contributed by atoms with E-state index in [4.69, 9.17) is 19.9 Å². The molecule has 1 amide bonds. The van der Waals surface area contributed by atoms with E-state index < -0.39 is 18.8 Å². The Bertz CT molecular complexity index is 716. The van der Waals surface area contributed by atoms with E-state index in [0.29, 0.717) is 0 Å². The molecule has 0 aromatic carbocycles. The van der Waals surface area contributed by atoms with Gasteiger partial charge in [0.15, 0.2) is 0 Å². The Kier molecular flexibility index (Phi) is 9.10.